The summed E-state index contributed by atoms with van der Waals surface area (Å²) in [7, 11) is 3.70. The monoisotopic (exact) mass is 380 g/mol. The Morgan fingerprint density at radius 3 is 2.50 bits per heavy atom. The van der Waals surface area contributed by atoms with Crippen molar-refractivity contribution in [2.45, 2.75) is 19.3 Å². The lowest BCUT2D eigenvalue weighted by atomic mass is 9.62. The average Bonchev–Trinajstić information content (AvgIpc) is 2.61. The van der Waals surface area contributed by atoms with Gasteiger partial charge in [0.25, 0.3) is 0 Å². The van der Waals surface area contributed by atoms with E-state index < -0.39 is 17.5 Å². The Morgan fingerprint density at radius 2 is 1.86 bits per heavy atom. The highest BCUT2D eigenvalue weighted by molar-refractivity contribution is 6.15. The van der Waals surface area contributed by atoms with Crippen molar-refractivity contribution in [3.05, 3.63) is 45.9 Å². The van der Waals surface area contributed by atoms with Crippen molar-refractivity contribution in [1.29, 1.82) is 5.26 Å². The number of nitriles is 1. The maximum Gasteiger partial charge on any atom is 0.196 e. The number of ketones is 2. The van der Waals surface area contributed by atoms with Crippen molar-refractivity contribution in [2.75, 3.05) is 19.0 Å². The Balaban J connectivity index is 1.88. The van der Waals surface area contributed by atoms with E-state index in [4.69, 9.17) is 5.26 Å². The number of phenols is 1. The van der Waals surface area contributed by atoms with Crippen molar-refractivity contribution in [3.63, 3.8) is 0 Å². The van der Waals surface area contributed by atoms with E-state index in [1.54, 1.807) is 12.1 Å². The molecule has 0 spiro atoms. The van der Waals surface area contributed by atoms with Gasteiger partial charge in [-0.15, -0.1) is 0 Å². The lowest BCUT2D eigenvalue weighted by Crippen LogP contribution is -2.41. The summed E-state index contributed by atoms with van der Waals surface area (Å²) in [5, 5.41) is 40.4. The van der Waals surface area contributed by atoms with Crippen molar-refractivity contribution in [3.8, 4) is 11.8 Å². The van der Waals surface area contributed by atoms with Gasteiger partial charge in [0.15, 0.2) is 11.6 Å². The molecule has 7 heteroatoms. The summed E-state index contributed by atoms with van der Waals surface area (Å²) in [6.07, 6.45) is 0.996. The summed E-state index contributed by atoms with van der Waals surface area (Å²) < 4.78 is 0. The normalized spacial score (nSPS) is 26.4. The van der Waals surface area contributed by atoms with Gasteiger partial charge in [0.1, 0.15) is 28.9 Å². The first-order chi connectivity index (χ1) is 13.3. The molecule has 0 aromatic heterocycles. The highest BCUT2D eigenvalue weighted by Crippen LogP contribution is 2.50. The maximum absolute atomic E-state index is 13.2. The number of aliphatic hydroxyl groups is 2. The molecule has 0 heterocycles. The second-order valence-corrected chi connectivity index (χ2v) is 7.86. The lowest BCUT2D eigenvalue weighted by molar-refractivity contribution is -0.121. The highest BCUT2D eigenvalue weighted by Gasteiger charge is 2.49. The molecule has 0 amide bonds. The van der Waals surface area contributed by atoms with Crippen LogP contribution in [0.5, 0.6) is 5.75 Å². The fourth-order valence-electron chi connectivity index (χ4n) is 4.90. The molecule has 3 atom stereocenters. The molecule has 0 radical (unpaired) electrons. The largest absolute Gasteiger partial charge is 0.511 e. The molecule has 0 aliphatic heterocycles. The Hall–Kier alpha value is -3.27. The van der Waals surface area contributed by atoms with E-state index in [1.807, 2.05) is 19.0 Å². The van der Waals surface area contributed by atoms with Gasteiger partial charge in [-0.1, -0.05) is 0 Å². The summed E-state index contributed by atoms with van der Waals surface area (Å²) in [4.78, 5) is 27.7. The van der Waals surface area contributed by atoms with Crippen LogP contribution in [-0.4, -0.2) is 41.0 Å². The van der Waals surface area contributed by atoms with Gasteiger partial charge in [-0.05, 0) is 42.4 Å². The van der Waals surface area contributed by atoms with Gasteiger partial charge in [-0.3, -0.25) is 9.59 Å². The molecule has 0 bridgehead atoms. The van der Waals surface area contributed by atoms with Gasteiger partial charge in [0, 0.05) is 31.8 Å². The zero-order valence-electron chi connectivity index (χ0n) is 15.6. The summed E-state index contributed by atoms with van der Waals surface area (Å²) in [6.45, 7) is 0. The molecule has 0 saturated carbocycles. The number of Topliss-reactive ketones (excluding diaryl/α,β-unsaturated/α-hetero) is 2. The number of allylic oxidation sites excluding steroid dienone is 4. The minimum atomic E-state index is -0.999. The van der Waals surface area contributed by atoms with Crippen LogP contribution in [-0.2, 0) is 11.2 Å². The number of fused-ring (bicyclic) bond motifs is 3. The Labute approximate surface area is 161 Å². The van der Waals surface area contributed by atoms with Crippen LogP contribution in [0.15, 0.2) is 34.8 Å². The molecular formula is C21H20N2O5. The van der Waals surface area contributed by atoms with Gasteiger partial charge in [-0.2, -0.15) is 5.26 Å². The van der Waals surface area contributed by atoms with Gasteiger partial charge >= 0.3 is 0 Å². The molecule has 28 heavy (non-hydrogen) atoms. The summed E-state index contributed by atoms with van der Waals surface area (Å²) >= 11 is 0. The summed E-state index contributed by atoms with van der Waals surface area (Å²) in [5.74, 6) is -3.54. The van der Waals surface area contributed by atoms with Crippen molar-refractivity contribution in [1.82, 2.24) is 0 Å². The molecule has 7 nitrogen and oxygen atoms in total. The van der Waals surface area contributed by atoms with E-state index in [1.165, 1.54) is 6.07 Å². The van der Waals surface area contributed by atoms with Crippen LogP contribution in [0.4, 0.5) is 5.69 Å². The Kier molecular flexibility index (Phi) is 3.96. The molecule has 0 saturated heterocycles. The number of hydrogen-bond donors (Lipinski definition) is 3. The van der Waals surface area contributed by atoms with Gasteiger partial charge < -0.3 is 20.2 Å². The lowest BCUT2D eigenvalue weighted by Gasteiger charge is -2.41. The predicted octanol–water partition coefficient (Wildman–Crippen LogP) is 2.57. The molecule has 3 aliphatic rings. The first-order valence-corrected chi connectivity index (χ1v) is 9.12. The third kappa shape index (κ3) is 2.34. The molecule has 144 valence electrons. The number of benzene rings is 1. The van der Waals surface area contributed by atoms with E-state index in [-0.39, 0.29) is 52.2 Å². The van der Waals surface area contributed by atoms with Crippen molar-refractivity contribution < 1.29 is 24.9 Å². The van der Waals surface area contributed by atoms with Crippen LogP contribution in [0.1, 0.15) is 28.8 Å². The van der Waals surface area contributed by atoms with Crippen LogP contribution in [0.3, 0.4) is 0 Å². The van der Waals surface area contributed by atoms with E-state index in [2.05, 4.69) is 0 Å². The van der Waals surface area contributed by atoms with E-state index >= 15 is 0 Å². The molecule has 4 rings (SSSR count). The highest BCUT2D eigenvalue weighted by atomic mass is 16.3. The van der Waals surface area contributed by atoms with Crippen molar-refractivity contribution >= 4 is 17.3 Å². The molecule has 3 unspecified atom stereocenters. The minimum absolute atomic E-state index is 0.120. The molecule has 3 aliphatic carbocycles. The smallest absolute Gasteiger partial charge is 0.196 e. The van der Waals surface area contributed by atoms with Gasteiger partial charge in [-0.25, -0.2) is 0 Å². The van der Waals surface area contributed by atoms with Crippen LogP contribution in [0.2, 0.25) is 0 Å². The number of nitrogens with zero attached hydrogens (tertiary/aromatic N) is 2. The zero-order valence-corrected chi connectivity index (χ0v) is 15.6. The number of aliphatic hydroxyl groups excluding tert-OH is 2. The quantitative estimate of drug-likeness (QED) is 0.684. The van der Waals surface area contributed by atoms with Crippen LogP contribution in [0, 0.1) is 29.1 Å². The van der Waals surface area contributed by atoms with E-state index in [9.17, 15) is 24.9 Å². The SMILES string of the molecule is CN(C)c1ccc(O)c2c1CC1CC3CC(O)=C(C#N)C(=O)C3C(O)=C1C2=O. The molecule has 0 fully saturated rings. The Morgan fingerprint density at radius 1 is 1.14 bits per heavy atom. The predicted molar refractivity (Wildman–Crippen MR) is 100 cm³/mol. The van der Waals surface area contributed by atoms with Gasteiger partial charge in [0.05, 0.1) is 11.5 Å². The Bertz CT molecular complexity index is 1030. The number of phenolic OH excluding ortho intramolecular Hbond substituents is 1. The van der Waals surface area contributed by atoms with Crippen LogP contribution in [0.25, 0.3) is 0 Å². The first-order valence-electron chi connectivity index (χ1n) is 9.12. The number of anilines is 1. The molecule has 1 aromatic carbocycles. The fraction of sp³-hybridized carbons (Fsp3) is 0.381. The maximum atomic E-state index is 13.2. The minimum Gasteiger partial charge on any atom is -0.511 e. The van der Waals surface area contributed by atoms with Gasteiger partial charge in [0.2, 0.25) is 0 Å². The number of rotatable bonds is 1. The van der Waals surface area contributed by atoms with Crippen LogP contribution < -0.4 is 4.90 Å². The molecule has 3 N–H and O–H groups in total. The third-order valence-corrected chi connectivity index (χ3v) is 6.09. The number of carbonyl (C=O) groups excluding carboxylic acids is 2. The number of aromatic hydroxyl groups is 1. The average molecular weight is 380 g/mol. The summed E-state index contributed by atoms with van der Waals surface area (Å²) in [5.41, 5.74) is 1.48. The second-order valence-electron chi connectivity index (χ2n) is 7.86. The molecule has 1 aromatic rings. The number of carbonyl (C=O) groups is 2. The topological polar surface area (TPSA) is 122 Å². The van der Waals surface area contributed by atoms with Crippen LogP contribution >= 0.6 is 0 Å². The van der Waals surface area contributed by atoms with E-state index in [0.717, 1.165) is 11.3 Å². The summed E-state index contributed by atoms with van der Waals surface area (Å²) in [6, 6.07) is 4.90. The molecular weight excluding hydrogens is 360 g/mol. The fourth-order valence-corrected chi connectivity index (χ4v) is 4.90. The first kappa shape index (κ1) is 18.1. The van der Waals surface area contributed by atoms with Crippen molar-refractivity contribution in [2.24, 2.45) is 17.8 Å². The standard InChI is InChI=1S/C21H20N2O5/c1-23(2)13-3-4-14(24)18-11(13)6-9-5-10-7-15(25)12(8-22)19(26)16(10)20(27)17(9)21(18)28/h3-4,9-10,16,24-25,27H,5-7H2,1-2H3. The number of hydrogen-bond acceptors (Lipinski definition) is 7. The second kappa shape index (κ2) is 6.13. The van der Waals surface area contributed by atoms with E-state index in [0.29, 0.717) is 12.8 Å². The zero-order chi connectivity index (χ0) is 20.3. The third-order valence-electron chi connectivity index (χ3n) is 6.09.